The molecule has 0 saturated heterocycles. The van der Waals surface area contributed by atoms with E-state index in [4.69, 9.17) is 5.11 Å². The first-order valence-corrected chi connectivity index (χ1v) is 4.11. The van der Waals surface area contributed by atoms with E-state index in [1.54, 1.807) is 0 Å². The number of carbonyl (C=O) groups excluding carboxylic acids is 1. The van der Waals surface area contributed by atoms with Crippen LogP contribution in [0.5, 0.6) is 0 Å². The first-order valence-electron chi connectivity index (χ1n) is 4.11. The van der Waals surface area contributed by atoms with Crippen molar-refractivity contribution in [1.82, 2.24) is 0 Å². The summed E-state index contributed by atoms with van der Waals surface area (Å²) in [6, 6.07) is 0. The number of aliphatic hydroxyl groups is 1. The van der Waals surface area contributed by atoms with E-state index in [-0.39, 0.29) is 0 Å². The summed E-state index contributed by atoms with van der Waals surface area (Å²) in [5.41, 5.74) is 0. The van der Waals surface area contributed by atoms with Crippen molar-refractivity contribution >= 4 is 6.29 Å². The zero-order chi connectivity index (χ0) is 8.53. The van der Waals surface area contributed by atoms with Crippen LogP contribution in [0.1, 0.15) is 32.6 Å². The van der Waals surface area contributed by atoms with Crippen molar-refractivity contribution in [3.05, 3.63) is 12.2 Å². The number of rotatable bonds is 6. The average molecular weight is 156 g/mol. The van der Waals surface area contributed by atoms with Gasteiger partial charge in [-0.1, -0.05) is 32.3 Å². The first-order chi connectivity index (χ1) is 5.31. The fourth-order valence-electron chi connectivity index (χ4n) is 0.873. The predicted molar refractivity (Wildman–Crippen MR) is 45.4 cm³/mol. The normalized spacial score (nSPS) is 13.6. The third-order valence-electron chi connectivity index (χ3n) is 1.52. The number of hydrogen-bond donors (Lipinski definition) is 1. The van der Waals surface area contributed by atoms with Crippen LogP contribution in [0.15, 0.2) is 12.2 Å². The van der Waals surface area contributed by atoms with Crippen molar-refractivity contribution in [3.8, 4) is 0 Å². The van der Waals surface area contributed by atoms with E-state index in [2.05, 4.69) is 6.92 Å². The SMILES string of the molecule is CCCCCC(O)/C=C\C=O. The molecule has 0 aliphatic heterocycles. The van der Waals surface area contributed by atoms with Crippen LogP contribution in [0.4, 0.5) is 0 Å². The molecule has 0 heterocycles. The van der Waals surface area contributed by atoms with Gasteiger partial charge in [0.2, 0.25) is 0 Å². The zero-order valence-electron chi connectivity index (χ0n) is 6.99. The highest BCUT2D eigenvalue weighted by atomic mass is 16.3. The van der Waals surface area contributed by atoms with Crippen LogP contribution < -0.4 is 0 Å². The highest BCUT2D eigenvalue weighted by Gasteiger charge is 1.96. The first kappa shape index (κ1) is 10.4. The van der Waals surface area contributed by atoms with E-state index in [1.165, 1.54) is 12.2 Å². The number of aldehydes is 1. The van der Waals surface area contributed by atoms with Crippen LogP contribution >= 0.6 is 0 Å². The summed E-state index contributed by atoms with van der Waals surface area (Å²) in [4.78, 5) is 9.84. The Labute approximate surface area is 67.9 Å². The van der Waals surface area contributed by atoms with Crippen molar-refractivity contribution in [2.24, 2.45) is 0 Å². The van der Waals surface area contributed by atoms with Gasteiger partial charge >= 0.3 is 0 Å². The van der Waals surface area contributed by atoms with Gasteiger partial charge in [-0.2, -0.15) is 0 Å². The van der Waals surface area contributed by atoms with E-state index >= 15 is 0 Å². The number of aliphatic hydroxyl groups excluding tert-OH is 1. The number of allylic oxidation sites excluding steroid dienone is 1. The summed E-state index contributed by atoms with van der Waals surface area (Å²) in [5.74, 6) is 0. The van der Waals surface area contributed by atoms with Crippen LogP contribution in [0.3, 0.4) is 0 Å². The lowest BCUT2D eigenvalue weighted by molar-refractivity contribution is -0.104. The maximum Gasteiger partial charge on any atom is 0.142 e. The largest absolute Gasteiger partial charge is 0.389 e. The topological polar surface area (TPSA) is 37.3 Å². The highest BCUT2D eigenvalue weighted by molar-refractivity contribution is 5.64. The molecule has 1 atom stereocenters. The number of hydrogen-bond acceptors (Lipinski definition) is 2. The molecule has 1 unspecified atom stereocenters. The number of unbranched alkanes of at least 4 members (excludes halogenated alkanes) is 2. The minimum Gasteiger partial charge on any atom is -0.389 e. The summed E-state index contributed by atoms with van der Waals surface area (Å²) in [5, 5.41) is 9.16. The van der Waals surface area contributed by atoms with Gasteiger partial charge in [0.05, 0.1) is 6.10 Å². The van der Waals surface area contributed by atoms with Gasteiger partial charge in [0, 0.05) is 0 Å². The Morgan fingerprint density at radius 2 is 2.18 bits per heavy atom. The molecule has 1 N–H and O–H groups in total. The van der Waals surface area contributed by atoms with Crippen molar-refractivity contribution < 1.29 is 9.90 Å². The van der Waals surface area contributed by atoms with Gasteiger partial charge in [-0.05, 0) is 12.5 Å². The summed E-state index contributed by atoms with van der Waals surface area (Å²) >= 11 is 0. The maximum atomic E-state index is 9.84. The van der Waals surface area contributed by atoms with Gasteiger partial charge in [0.25, 0.3) is 0 Å². The standard InChI is InChI=1S/C9H16O2/c1-2-3-4-6-9(11)7-5-8-10/h5,7-9,11H,2-4,6H2,1H3/b7-5-. The molecule has 0 rings (SSSR count). The molecule has 0 aromatic heterocycles. The fraction of sp³-hybridized carbons (Fsp3) is 0.667. The molecule has 0 saturated carbocycles. The van der Waals surface area contributed by atoms with Crippen molar-refractivity contribution in [1.29, 1.82) is 0 Å². The predicted octanol–water partition coefficient (Wildman–Crippen LogP) is 1.68. The monoisotopic (exact) mass is 156 g/mol. The second-order valence-corrected chi connectivity index (χ2v) is 2.58. The third-order valence-corrected chi connectivity index (χ3v) is 1.52. The van der Waals surface area contributed by atoms with E-state index in [9.17, 15) is 4.79 Å². The quantitative estimate of drug-likeness (QED) is 0.361. The molecule has 0 radical (unpaired) electrons. The summed E-state index contributed by atoms with van der Waals surface area (Å²) in [7, 11) is 0. The molecule has 0 aromatic rings. The molecule has 2 heteroatoms. The van der Waals surface area contributed by atoms with Crippen LogP contribution in [0.25, 0.3) is 0 Å². The highest BCUT2D eigenvalue weighted by Crippen LogP contribution is 2.03. The van der Waals surface area contributed by atoms with Gasteiger partial charge in [0.1, 0.15) is 6.29 Å². The lowest BCUT2D eigenvalue weighted by Crippen LogP contribution is -2.01. The lowest BCUT2D eigenvalue weighted by atomic mass is 10.1. The molecular weight excluding hydrogens is 140 g/mol. The molecule has 0 aliphatic rings. The van der Waals surface area contributed by atoms with Gasteiger partial charge in [-0.3, -0.25) is 4.79 Å². The van der Waals surface area contributed by atoms with E-state index in [0.717, 1.165) is 25.7 Å². The Balaban J connectivity index is 3.28. The smallest absolute Gasteiger partial charge is 0.142 e. The average Bonchev–Trinajstić information content (AvgIpc) is 2.01. The van der Waals surface area contributed by atoms with E-state index in [1.807, 2.05) is 0 Å². The van der Waals surface area contributed by atoms with E-state index < -0.39 is 6.10 Å². The van der Waals surface area contributed by atoms with Crippen LogP contribution in [-0.4, -0.2) is 17.5 Å². The maximum absolute atomic E-state index is 9.84. The van der Waals surface area contributed by atoms with Gasteiger partial charge in [0.15, 0.2) is 0 Å². The van der Waals surface area contributed by atoms with Crippen molar-refractivity contribution in [2.45, 2.75) is 38.7 Å². The van der Waals surface area contributed by atoms with Crippen LogP contribution in [0, 0.1) is 0 Å². The molecule has 0 fully saturated rings. The van der Waals surface area contributed by atoms with Crippen molar-refractivity contribution in [2.75, 3.05) is 0 Å². The summed E-state index contributed by atoms with van der Waals surface area (Å²) in [6.07, 6.45) is 7.21. The Bertz CT molecular complexity index is 119. The second-order valence-electron chi connectivity index (χ2n) is 2.58. The van der Waals surface area contributed by atoms with Gasteiger partial charge in [-0.15, -0.1) is 0 Å². The minimum atomic E-state index is -0.438. The fourth-order valence-corrected chi connectivity index (χ4v) is 0.873. The number of carbonyl (C=O) groups is 1. The van der Waals surface area contributed by atoms with Crippen molar-refractivity contribution in [3.63, 3.8) is 0 Å². The summed E-state index contributed by atoms with van der Waals surface area (Å²) < 4.78 is 0. The van der Waals surface area contributed by atoms with Gasteiger partial charge in [-0.25, -0.2) is 0 Å². The third kappa shape index (κ3) is 7.26. The van der Waals surface area contributed by atoms with Crippen LogP contribution in [0.2, 0.25) is 0 Å². The van der Waals surface area contributed by atoms with Gasteiger partial charge < -0.3 is 5.11 Å². The zero-order valence-corrected chi connectivity index (χ0v) is 6.99. The Morgan fingerprint density at radius 3 is 2.73 bits per heavy atom. The molecule has 0 aromatic carbocycles. The molecule has 0 spiro atoms. The van der Waals surface area contributed by atoms with E-state index in [0.29, 0.717) is 6.29 Å². The molecule has 64 valence electrons. The molecule has 0 amide bonds. The lowest BCUT2D eigenvalue weighted by Gasteiger charge is -2.02. The molecule has 0 aliphatic carbocycles. The molecule has 2 nitrogen and oxygen atoms in total. The van der Waals surface area contributed by atoms with Crippen LogP contribution in [-0.2, 0) is 4.79 Å². The Hall–Kier alpha value is -0.630. The molecule has 0 bridgehead atoms. The summed E-state index contributed by atoms with van der Waals surface area (Å²) in [6.45, 7) is 2.12. The Kier molecular flexibility index (Phi) is 7.05. The molecular formula is C9H16O2. The second kappa shape index (κ2) is 7.48. The Morgan fingerprint density at radius 1 is 1.45 bits per heavy atom. The minimum absolute atomic E-state index is 0.438. The molecule has 11 heavy (non-hydrogen) atoms.